The van der Waals surface area contributed by atoms with Gasteiger partial charge in [-0.3, -0.25) is 0 Å². The number of pyridine rings is 1. The van der Waals surface area contributed by atoms with Crippen LogP contribution >= 0.6 is 0 Å². The maximum Gasteiger partial charge on any atom is 0.133 e. The Bertz CT molecular complexity index is 1770. The molecule has 0 amide bonds. The smallest absolute Gasteiger partial charge is 0.133 e. The fourth-order valence-corrected chi connectivity index (χ4v) is 7.14. The molecule has 3 aliphatic rings. The van der Waals surface area contributed by atoms with Crippen LogP contribution in [-0.4, -0.2) is 23.7 Å². The molecule has 1 aromatic heterocycles. The zero-order valence-corrected chi connectivity index (χ0v) is 27.1. The Morgan fingerprint density at radius 2 is 1.48 bits per heavy atom. The first-order valence-corrected chi connectivity index (χ1v) is 16.0. The molecular formula is C40H44N4. The first-order valence-electron chi connectivity index (χ1n) is 16.0. The van der Waals surface area contributed by atoms with E-state index in [1.54, 1.807) is 0 Å². The second kappa shape index (κ2) is 10.4. The van der Waals surface area contributed by atoms with E-state index in [9.17, 15) is 0 Å². The number of benzene rings is 3. The molecule has 3 aromatic carbocycles. The molecule has 1 aliphatic carbocycles. The number of rotatable bonds is 5. The van der Waals surface area contributed by atoms with E-state index in [4.69, 9.17) is 4.98 Å². The lowest BCUT2D eigenvalue weighted by atomic mass is 9.77. The molecule has 4 nitrogen and oxygen atoms in total. The Morgan fingerprint density at radius 1 is 0.727 bits per heavy atom. The van der Waals surface area contributed by atoms with Crippen LogP contribution < -0.4 is 14.7 Å². The largest absolute Gasteiger partial charge is 0.349 e. The zero-order valence-electron chi connectivity index (χ0n) is 27.1. The van der Waals surface area contributed by atoms with Gasteiger partial charge in [-0.1, -0.05) is 95.3 Å². The minimum Gasteiger partial charge on any atom is -0.349 e. The summed E-state index contributed by atoms with van der Waals surface area (Å²) >= 11 is 0. The second-order valence-corrected chi connectivity index (χ2v) is 14.4. The first kappa shape index (κ1) is 28.5. The first-order chi connectivity index (χ1) is 21.0. The summed E-state index contributed by atoms with van der Waals surface area (Å²) in [6, 6.07) is 30.2. The minimum atomic E-state index is -0.201. The van der Waals surface area contributed by atoms with Gasteiger partial charge in [-0.2, -0.15) is 0 Å². The lowest BCUT2D eigenvalue weighted by Crippen LogP contribution is -2.33. The molecule has 0 N–H and O–H groups in total. The third kappa shape index (κ3) is 4.63. The van der Waals surface area contributed by atoms with Crippen molar-refractivity contribution in [1.82, 2.24) is 4.98 Å². The highest BCUT2D eigenvalue weighted by Gasteiger charge is 2.39. The van der Waals surface area contributed by atoms with E-state index in [2.05, 4.69) is 166 Å². The number of nitrogens with zero attached hydrogens (tertiary/aromatic N) is 4. The van der Waals surface area contributed by atoms with Gasteiger partial charge in [0, 0.05) is 34.9 Å². The van der Waals surface area contributed by atoms with Gasteiger partial charge in [0.15, 0.2) is 0 Å². The van der Waals surface area contributed by atoms with Crippen molar-refractivity contribution >= 4 is 28.6 Å². The van der Waals surface area contributed by atoms with Crippen molar-refractivity contribution in [2.75, 3.05) is 21.4 Å². The molecule has 4 heteroatoms. The van der Waals surface area contributed by atoms with Crippen LogP contribution in [0.15, 0.2) is 109 Å². The van der Waals surface area contributed by atoms with Crippen molar-refractivity contribution in [3.8, 4) is 0 Å². The van der Waals surface area contributed by atoms with Gasteiger partial charge in [-0.25, -0.2) is 4.98 Å². The van der Waals surface area contributed by atoms with Crippen molar-refractivity contribution in [3.63, 3.8) is 0 Å². The summed E-state index contributed by atoms with van der Waals surface area (Å²) in [5.41, 5.74) is 10.2. The highest BCUT2D eigenvalue weighted by molar-refractivity contribution is 5.83. The van der Waals surface area contributed by atoms with Gasteiger partial charge in [-0.15, -0.1) is 0 Å². The predicted octanol–water partition coefficient (Wildman–Crippen LogP) is 9.76. The van der Waals surface area contributed by atoms with Gasteiger partial charge in [0.1, 0.15) is 5.82 Å². The Kier molecular flexibility index (Phi) is 6.73. The van der Waals surface area contributed by atoms with Crippen LogP contribution in [-0.2, 0) is 10.8 Å². The molecular weight excluding hydrogens is 536 g/mol. The number of allylic oxidation sites excluding steroid dienone is 2. The molecule has 44 heavy (non-hydrogen) atoms. The summed E-state index contributed by atoms with van der Waals surface area (Å²) in [5.74, 6) is 1.33. The molecule has 2 unspecified atom stereocenters. The highest BCUT2D eigenvalue weighted by Crippen LogP contribution is 2.50. The van der Waals surface area contributed by atoms with Crippen molar-refractivity contribution in [2.24, 2.45) is 0 Å². The van der Waals surface area contributed by atoms with Gasteiger partial charge in [0.25, 0.3) is 0 Å². The van der Waals surface area contributed by atoms with Gasteiger partial charge >= 0.3 is 0 Å². The van der Waals surface area contributed by atoms with Crippen molar-refractivity contribution in [3.05, 3.63) is 132 Å². The van der Waals surface area contributed by atoms with Crippen molar-refractivity contribution in [1.29, 1.82) is 0 Å². The maximum atomic E-state index is 4.93. The quantitative estimate of drug-likeness (QED) is 0.234. The number of anilines is 5. The lowest BCUT2D eigenvalue weighted by Gasteiger charge is -2.31. The number of hydrogen-bond acceptors (Lipinski definition) is 4. The van der Waals surface area contributed by atoms with E-state index < -0.39 is 0 Å². The molecule has 3 heterocycles. The van der Waals surface area contributed by atoms with Crippen molar-refractivity contribution < 1.29 is 0 Å². The number of fused-ring (bicyclic) bond motifs is 4. The molecule has 2 atom stereocenters. The van der Waals surface area contributed by atoms with Crippen LogP contribution in [0.2, 0.25) is 0 Å². The summed E-state index contributed by atoms with van der Waals surface area (Å²) in [4.78, 5) is 12.3. The molecule has 7 rings (SSSR count). The average molecular weight is 581 g/mol. The number of aromatic nitrogens is 1. The van der Waals surface area contributed by atoms with E-state index in [-0.39, 0.29) is 16.9 Å². The molecule has 0 bridgehead atoms. The minimum absolute atomic E-state index is 0.0544. The third-order valence-corrected chi connectivity index (χ3v) is 9.91. The summed E-state index contributed by atoms with van der Waals surface area (Å²) in [5, 5.41) is 0. The van der Waals surface area contributed by atoms with Crippen LogP contribution in [0, 0.1) is 0 Å². The van der Waals surface area contributed by atoms with Gasteiger partial charge in [-0.05, 0) is 84.0 Å². The maximum absolute atomic E-state index is 4.93. The lowest BCUT2D eigenvalue weighted by molar-refractivity contribution is 0.588. The Labute approximate surface area is 263 Å². The zero-order chi connectivity index (χ0) is 30.8. The fourth-order valence-electron chi connectivity index (χ4n) is 7.14. The van der Waals surface area contributed by atoms with E-state index in [1.165, 1.54) is 45.0 Å². The molecule has 0 spiro atoms. The Hall–Kier alpha value is -4.31. The second-order valence-electron chi connectivity index (χ2n) is 14.4. The van der Waals surface area contributed by atoms with Crippen LogP contribution in [0.25, 0.3) is 0 Å². The Morgan fingerprint density at radius 3 is 2.25 bits per heavy atom. The molecule has 0 saturated heterocycles. The van der Waals surface area contributed by atoms with Crippen LogP contribution in [0.5, 0.6) is 0 Å². The number of hydrogen-bond donors (Lipinski definition) is 0. The van der Waals surface area contributed by atoms with Gasteiger partial charge < -0.3 is 14.7 Å². The van der Waals surface area contributed by atoms with Gasteiger partial charge in [0.05, 0.1) is 24.1 Å². The predicted molar refractivity (Wildman–Crippen MR) is 186 cm³/mol. The summed E-state index contributed by atoms with van der Waals surface area (Å²) in [7, 11) is 0. The molecule has 4 aromatic rings. The Balaban J connectivity index is 1.28. The molecule has 0 saturated carbocycles. The van der Waals surface area contributed by atoms with E-state index in [0.717, 1.165) is 12.5 Å². The number of para-hydroxylation sites is 2. The van der Waals surface area contributed by atoms with Crippen LogP contribution in [0.4, 0.5) is 28.6 Å². The normalized spacial score (nSPS) is 19.0. The summed E-state index contributed by atoms with van der Waals surface area (Å²) in [6.45, 7) is 16.9. The van der Waals surface area contributed by atoms with E-state index >= 15 is 0 Å². The monoisotopic (exact) mass is 580 g/mol. The SMILES string of the molecule is CC(C)N1CN(c2cccc(C(C)(C)c3ccc4c(c3)N(c3cc(C(C)(C)C)ccn3)C3C=CC=CC43)c2)c2ccccc21. The van der Waals surface area contributed by atoms with Gasteiger partial charge in [0.2, 0.25) is 0 Å². The summed E-state index contributed by atoms with van der Waals surface area (Å²) in [6.07, 6.45) is 11.0. The molecule has 2 aliphatic heterocycles. The molecule has 0 radical (unpaired) electrons. The summed E-state index contributed by atoms with van der Waals surface area (Å²) < 4.78 is 0. The van der Waals surface area contributed by atoms with E-state index in [0.29, 0.717) is 12.0 Å². The van der Waals surface area contributed by atoms with Crippen LogP contribution in [0.1, 0.15) is 76.6 Å². The third-order valence-electron chi connectivity index (χ3n) is 9.91. The van der Waals surface area contributed by atoms with Crippen LogP contribution in [0.3, 0.4) is 0 Å². The van der Waals surface area contributed by atoms with Crippen molar-refractivity contribution in [2.45, 2.75) is 77.3 Å². The highest BCUT2D eigenvalue weighted by atomic mass is 15.4. The average Bonchev–Trinajstić information content (AvgIpc) is 3.57. The molecule has 224 valence electrons. The standard InChI is InChI=1S/C40H44N4/c1-27(2)42-26-43(36-18-11-10-17-35(36)42)31-14-12-13-29(23-31)40(6,7)30-19-20-33-32-15-8-9-16-34(32)44(37(33)24-30)38-25-28(21-22-41-38)39(3,4)5/h8-25,27,32,34H,26H2,1-7H3. The fraction of sp³-hybridized carbons (Fsp3) is 0.325. The molecule has 0 fully saturated rings. The topological polar surface area (TPSA) is 22.6 Å². The van der Waals surface area contributed by atoms with E-state index in [1.807, 2.05) is 6.20 Å².